The third-order valence-electron chi connectivity index (χ3n) is 5.78. The largest absolute Gasteiger partial charge is 0.493 e. The molecule has 0 bridgehead atoms. The van der Waals surface area contributed by atoms with Crippen LogP contribution >= 0.6 is 11.6 Å². The maximum absolute atomic E-state index is 13.4. The monoisotopic (exact) mass is 494 g/mol. The van der Waals surface area contributed by atoms with Gasteiger partial charge in [-0.15, -0.1) is 0 Å². The van der Waals surface area contributed by atoms with Crippen molar-refractivity contribution < 1.29 is 19.1 Å². The van der Waals surface area contributed by atoms with Gasteiger partial charge in [-0.05, 0) is 47.4 Å². The molecule has 0 fully saturated rings. The van der Waals surface area contributed by atoms with E-state index in [1.54, 1.807) is 31.3 Å². The lowest BCUT2D eigenvalue weighted by molar-refractivity contribution is -0.139. The highest BCUT2D eigenvalue weighted by Gasteiger charge is 2.28. The average molecular weight is 495 g/mol. The number of carbonyl (C=O) groups excluding carboxylic acids is 2. The molecule has 7 heteroatoms. The summed E-state index contributed by atoms with van der Waals surface area (Å²) in [5, 5.41) is 3.64. The molecule has 0 unspecified atom stereocenters. The van der Waals surface area contributed by atoms with Gasteiger partial charge in [0.15, 0.2) is 11.5 Å². The Labute approximate surface area is 211 Å². The number of carbonyl (C=O) groups is 2. The number of nitrogens with zero attached hydrogens (tertiary/aromatic N) is 1. The summed E-state index contributed by atoms with van der Waals surface area (Å²) in [6.07, 6.45) is 1.03. The fraction of sp³-hybridized carbons (Fsp3) is 0.286. The Morgan fingerprint density at radius 2 is 1.54 bits per heavy atom. The van der Waals surface area contributed by atoms with E-state index in [2.05, 4.69) is 5.32 Å². The summed E-state index contributed by atoms with van der Waals surface area (Å²) in [7, 11) is 3.18. The zero-order valence-corrected chi connectivity index (χ0v) is 21.0. The average Bonchev–Trinajstić information content (AvgIpc) is 2.87. The van der Waals surface area contributed by atoms with Gasteiger partial charge in [-0.3, -0.25) is 9.59 Å². The maximum Gasteiger partial charge on any atom is 0.243 e. The Balaban J connectivity index is 1.75. The zero-order chi connectivity index (χ0) is 25.2. The van der Waals surface area contributed by atoms with Gasteiger partial charge in [0.05, 0.1) is 14.2 Å². The highest BCUT2D eigenvalue weighted by molar-refractivity contribution is 6.30. The van der Waals surface area contributed by atoms with E-state index in [0.29, 0.717) is 42.5 Å². The molecule has 0 aliphatic heterocycles. The van der Waals surface area contributed by atoms with E-state index in [4.69, 9.17) is 21.1 Å². The van der Waals surface area contributed by atoms with Crippen molar-refractivity contribution in [3.05, 3.63) is 94.5 Å². The van der Waals surface area contributed by atoms with E-state index >= 15 is 0 Å². The number of halogens is 1. The quantitative estimate of drug-likeness (QED) is 0.420. The first kappa shape index (κ1) is 26.1. The molecule has 3 aromatic rings. The summed E-state index contributed by atoms with van der Waals surface area (Å²) in [6, 6.07) is 22.0. The van der Waals surface area contributed by atoms with Crippen molar-refractivity contribution in [2.24, 2.45) is 0 Å². The van der Waals surface area contributed by atoms with Gasteiger partial charge in [0, 0.05) is 31.5 Å². The summed E-state index contributed by atoms with van der Waals surface area (Å²) in [4.78, 5) is 27.7. The maximum atomic E-state index is 13.4. The second-order valence-electron chi connectivity index (χ2n) is 8.21. The van der Waals surface area contributed by atoms with E-state index in [9.17, 15) is 9.59 Å². The van der Waals surface area contributed by atoms with Crippen LogP contribution < -0.4 is 14.8 Å². The standard InChI is InChI=1S/C28H31ClN2O4/c1-20(32)31(19-23-9-12-24(29)13-10-23)25(17-21-7-5-4-6-8-21)28(33)30-16-15-22-11-14-26(34-2)27(18-22)35-3/h4-14,18,25H,15-17,19H2,1-3H3,(H,30,33)/t25-/m0/s1. The van der Waals surface area contributed by atoms with Crippen LogP contribution in [0.1, 0.15) is 23.6 Å². The van der Waals surface area contributed by atoms with Gasteiger partial charge < -0.3 is 19.7 Å². The number of benzene rings is 3. The van der Waals surface area contributed by atoms with Crippen LogP contribution in [-0.2, 0) is 29.0 Å². The van der Waals surface area contributed by atoms with Gasteiger partial charge in [-0.2, -0.15) is 0 Å². The van der Waals surface area contributed by atoms with Crippen molar-refractivity contribution in [1.29, 1.82) is 0 Å². The predicted molar refractivity (Wildman–Crippen MR) is 138 cm³/mol. The number of nitrogens with one attached hydrogen (secondary N) is 1. The Hall–Kier alpha value is -3.51. The van der Waals surface area contributed by atoms with E-state index in [1.165, 1.54) is 6.92 Å². The molecule has 6 nitrogen and oxygen atoms in total. The molecule has 0 saturated carbocycles. The summed E-state index contributed by atoms with van der Waals surface area (Å²) in [6.45, 7) is 2.23. The van der Waals surface area contributed by atoms with Crippen LogP contribution in [-0.4, -0.2) is 43.5 Å². The molecule has 0 heterocycles. The highest BCUT2D eigenvalue weighted by Crippen LogP contribution is 2.27. The van der Waals surface area contributed by atoms with Crippen LogP contribution in [0, 0.1) is 0 Å². The molecule has 3 rings (SSSR count). The summed E-state index contributed by atoms with van der Waals surface area (Å²) >= 11 is 6.02. The van der Waals surface area contributed by atoms with Crippen molar-refractivity contribution >= 4 is 23.4 Å². The highest BCUT2D eigenvalue weighted by atomic mass is 35.5. The normalized spacial score (nSPS) is 11.4. The van der Waals surface area contributed by atoms with Gasteiger partial charge in [0.1, 0.15) is 6.04 Å². The van der Waals surface area contributed by atoms with Gasteiger partial charge in [0.25, 0.3) is 0 Å². The first-order chi connectivity index (χ1) is 16.9. The predicted octanol–water partition coefficient (Wildman–Crippen LogP) is 4.68. The number of hydrogen-bond acceptors (Lipinski definition) is 4. The fourth-order valence-electron chi connectivity index (χ4n) is 3.89. The Bertz CT molecular complexity index is 1120. The van der Waals surface area contributed by atoms with Crippen molar-refractivity contribution in [2.45, 2.75) is 32.4 Å². The van der Waals surface area contributed by atoms with Crippen LogP contribution in [0.15, 0.2) is 72.8 Å². The molecule has 0 saturated heterocycles. The number of hydrogen-bond donors (Lipinski definition) is 1. The minimum atomic E-state index is -0.656. The van der Waals surface area contributed by atoms with Gasteiger partial charge >= 0.3 is 0 Å². The SMILES string of the molecule is COc1ccc(CCNC(=O)[C@H](Cc2ccccc2)N(Cc2ccc(Cl)cc2)C(C)=O)cc1OC. The van der Waals surface area contributed by atoms with Crippen LogP contribution in [0.3, 0.4) is 0 Å². The minimum absolute atomic E-state index is 0.170. The molecule has 0 aliphatic carbocycles. The first-order valence-corrected chi connectivity index (χ1v) is 11.8. The van der Waals surface area contributed by atoms with Crippen LogP contribution in [0.2, 0.25) is 5.02 Å². The van der Waals surface area contributed by atoms with Crippen LogP contribution in [0.4, 0.5) is 0 Å². The Kier molecular flexibility index (Phi) is 9.56. The van der Waals surface area contributed by atoms with E-state index in [0.717, 1.165) is 16.7 Å². The summed E-state index contributed by atoms with van der Waals surface area (Å²) in [5.41, 5.74) is 2.89. The molecule has 35 heavy (non-hydrogen) atoms. The molecule has 0 aliphatic rings. The van der Waals surface area contributed by atoms with Crippen molar-refractivity contribution in [3.8, 4) is 11.5 Å². The van der Waals surface area contributed by atoms with Crippen molar-refractivity contribution in [2.75, 3.05) is 20.8 Å². The summed E-state index contributed by atoms with van der Waals surface area (Å²) in [5.74, 6) is 0.931. The van der Waals surface area contributed by atoms with Crippen LogP contribution in [0.5, 0.6) is 11.5 Å². The van der Waals surface area contributed by atoms with E-state index < -0.39 is 6.04 Å². The van der Waals surface area contributed by atoms with Crippen LogP contribution in [0.25, 0.3) is 0 Å². The second-order valence-corrected chi connectivity index (χ2v) is 8.65. The molecule has 0 radical (unpaired) electrons. The lowest BCUT2D eigenvalue weighted by Gasteiger charge is -2.30. The van der Waals surface area contributed by atoms with Crippen molar-refractivity contribution in [1.82, 2.24) is 10.2 Å². The van der Waals surface area contributed by atoms with Gasteiger partial charge in [-0.25, -0.2) is 0 Å². The van der Waals surface area contributed by atoms with Crippen molar-refractivity contribution in [3.63, 3.8) is 0 Å². The molecule has 2 amide bonds. The first-order valence-electron chi connectivity index (χ1n) is 11.5. The summed E-state index contributed by atoms with van der Waals surface area (Å²) < 4.78 is 10.7. The van der Waals surface area contributed by atoms with E-state index in [1.807, 2.05) is 60.7 Å². The topological polar surface area (TPSA) is 67.9 Å². The smallest absolute Gasteiger partial charge is 0.243 e. The molecule has 3 aromatic carbocycles. The third-order valence-corrected chi connectivity index (χ3v) is 6.03. The molecule has 184 valence electrons. The Morgan fingerprint density at radius 1 is 0.886 bits per heavy atom. The Morgan fingerprint density at radius 3 is 2.17 bits per heavy atom. The van der Waals surface area contributed by atoms with E-state index in [-0.39, 0.29) is 11.8 Å². The molecule has 1 N–H and O–H groups in total. The number of methoxy groups -OCH3 is 2. The molecule has 0 spiro atoms. The third kappa shape index (κ3) is 7.49. The van der Waals surface area contributed by atoms with Gasteiger partial charge in [0.2, 0.25) is 11.8 Å². The van der Waals surface area contributed by atoms with Gasteiger partial charge in [-0.1, -0.05) is 60.1 Å². The molecular formula is C28H31ClN2O4. The molecular weight excluding hydrogens is 464 g/mol. The lowest BCUT2D eigenvalue weighted by atomic mass is 10.0. The zero-order valence-electron chi connectivity index (χ0n) is 20.3. The number of ether oxygens (including phenoxy) is 2. The lowest BCUT2D eigenvalue weighted by Crippen LogP contribution is -2.50. The fourth-order valence-corrected chi connectivity index (χ4v) is 4.02. The number of rotatable bonds is 11. The molecule has 0 aromatic heterocycles. The minimum Gasteiger partial charge on any atom is -0.493 e. The second kappa shape index (κ2) is 12.8. The number of amides is 2. The molecule has 1 atom stereocenters.